The predicted molar refractivity (Wildman–Crippen MR) is 83.4 cm³/mol. The third kappa shape index (κ3) is 2.84. The molecule has 0 bridgehead atoms. The molecule has 3 heteroatoms. The average molecular weight is 274 g/mol. The van der Waals surface area contributed by atoms with Gasteiger partial charge in [0.05, 0.1) is 6.61 Å². The first-order valence-corrected chi connectivity index (χ1v) is 7.97. The fourth-order valence-electron chi connectivity index (χ4n) is 3.41. The van der Waals surface area contributed by atoms with Crippen LogP contribution in [-0.2, 0) is 11.2 Å². The van der Waals surface area contributed by atoms with Crippen molar-refractivity contribution in [3.63, 3.8) is 0 Å². The van der Waals surface area contributed by atoms with Crippen LogP contribution in [0, 0.1) is 5.92 Å². The molecule has 0 amide bonds. The highest BCUT2D eigenvalue weighted by atomic mass is 16.5. The van der Waals surface area contributed by atoms with Gasteiger partial charge >= 0.3 is 0 Å². The van der Waals surface area contributed by atoms with Gasteiger partial charge in [0.1, 0.15) is 0 Å². The second kappa shape index (κ2) is 6.15. The molecule has 1 fully saturated rings. The number of ether oxygens (including phenoxy) is 1. The van der Waals surface area contributed by atoms with Gasteiger partial charge < -0.3 is 15.0 Å². The van der Waals surface area contributed by atoms with Gasteiger partial charge in [-0.2, -0.15) is 0 Å². The van der Waals surface area contributed by atoms with Gasteiger partial charge in [-0.05, 0) is 43.5 Å². The van der Waals surface area contributed by atoms with Crippen molar-refractivity contribution in [1.29, 1.82) is 0 Å². The number of hydrogen-bond acceptors (Lipinski definition) is 3. The molecule has 0 aliphatic carbocycles. The van der Waals surface area contributed by atoms with Crippen molar-refractivity contribution in [2.24, 2.45) is 5.92 Å². The summed E-state index contributed by atoms with van der Waals surface area (Å²) < 4.78 is 5.50. The predicted octanol–water partition coefficient (Wildman–Crippen LogP) is 2.76. The van der Waals surface area contributed by atoms with Crippen molar-refractivity contribution in [3.05, 3.63) is 29.3 Å². The molecular formula is C17H26N2O. The molecule has 1 aromatic carbocycles. The molecule has 1 N–H and O–H groups in total. The van der Waals surface area contributed by atoms with Crippen LogP contribution in [-0.4, -0.2) is 32.8 Å². The highest BCUT2D eigenvalue weighted by Gasteiger charge is 2.24. The van der Waals surface area contributed by atoms with Crippen LogP contribution in [0.15, 0.2) is 18.2 Å². The Morgan fingerprint density at radius 1 is 1.45 bits per heavy atom. The molecule has 0 saturated carbocycles. The summed E-state index contributed by atoms with van der Waals surface area (Å²) in [5.74, 6) is 0.723. The van der Waals surface area contributed by atoms with Crippen LogP contribution in [0.2, 0.25) is 0 Å². The maximum Gasteiger partial charge on any atom is 0.0512 e. The molecule has 110 valence electrons. The summed E-state index contributed by atoms with van der Waals surface area (Å²) in [6.07, 6.45) is 2.41. The van der Waals surface area contributed by atoms with Gasteiger partial charge in [-0.3, -0.25) is 0 Å². The van der Waals surface area contributed by atoms with Crippen LogP contribution in [0.25, 0.3) is 0 Å². The van der Waals surface area contributed by atoms with E-state index in [9.17, 15) is 0 Å². The van der Waals surface area contributed by atoms with Gasteiger partial charge in [0, 0.05) is 37.3 Å². The Kier molecular flexibility index (Phi) is 4.27. The van der Waals surface area contributed by atoms with Crippen molar-refractivity contribution in [2.75, 3.05) is 37.7 Å². The minimum Gasteiger partial charge on any atom is -0.381 e. The zero-order chi connectivity index (χ0) is 13.9. The van der Waals surface area contributed by atoms with E-state index in [2.05, 4.69) is 42.3 Å². The molecule has 3 rings (SSSR count). The molecule has 3 nitrogen and oxygen atoms in total. The smallest absolute Gasteiger partial charge is 0.0512 e. The average Bonchev–Trinajstić information content (AvgIpc) is 3.09. The highest BCUT2D eigenvalue weighted by Crippen LogP contribution is 2.31. The summed E-state index contributed by atoms with van der Waals surface area (Å²) in [5, 5.41) is 3.49. The largest absolute Gasteiger partial charge is 0.381 e. The van der Waals surface area contributed by atoms with Crippen LogP contribution < -0.4 is 10.2 Å². The fourth-order valence-corrected chi connectivity index (χ4v) is 3.41. The van der Waals surface area contributed by atoms with E-state index in [1.165, 1.54) is 36.2 Å². The zero-order valence-electron chi connectivity index (χ0n) is 12.7. The summed E-state index contributed by atoms with van der Waals surface area (Å²) in [6.45, 7) is 9.65. The van der Waals surface area contributed by atoms with Crippen LogP contribution >= 0.6 is 0 Å². The Morgan fingerprint density at radius 3 is 3.10 bits per heavy atom. The first kappa shape index (κ1) is 13.9. The van der Waals surface area contributed by atoms with Crippen molar-refractivity contribution >= 4 is 5.69 Å². The van der Waals surface area contributed by atoms with E-state index >= 15 is 0 Å². The topological polar surface area (TPSA) is 24.5 Å². The minimum atomic E-state index is 0.447. The SMILES string of the molecule is CCNC(C)c1ccc2c(c1)CCN2CC1CCOC1. The summed E-state index contributed by atoms with van der Waals surface area (Å²) in [6, 6.07) is 7.45. The van der Waals surface area contributed by atoms with E-state index in [1.807, 2.05) is 0 Å². The number of benzene rings is 1. The number of rotatable bonds is 5. The van der Waals surface area contributed by atoms with Gasteiger partial charge in [-0.15, -0.1) is 0 Å². The molecule has 0 spiro atoms. The summed E-state index contributed by atoms with van der Waals surface area (Å²) >= 11 is 0. The molecule has 2 aliphatic heterocycles. The Labute approximate surface area is 122 Å². The Bertz CT molecular complexity index is 454. The monoisotopic (exact) mass is 274 g/mol. The molecule has 2 aliphatic rings. The lowest BCUT2D eigenvalue weighted by Crippen LogP contribution is -2.27. The van der Waals surface area contributed by atoms with E-state index < -0.39 is 0 Å². The molecule has 2 heterocycles. The molecule has 1 saturated heterocycles. The van der Waals surface area contributed by atoms with E-state index in [1.54, 1.807) is 0 Å². The van der Waals surface area contributed by atoms with E-state index in [0.717, 1.165) is 32.2 Å². The summed E-state index contributed by atoms with van der Waals surface area (Å²) in [4.78, 5) is 2.55. The fraction of sp³-hybridized carbons (Fsp3) is 0.647. The van der Waals surface area contributed by atoms with Crippen molar-refractivity contribution < 1.29 is 4.74 Å². The van der Waals surface area contributed by atoms with Gasteiger partial charge in [0.2, 0.25) is 0 Å². The zero-order valence-corrected chi connectivity index (χ0v) is 12.7. The van der Waals surface area contributed by atoms with Crippen LogP contribution in [0.4, 0.5) is 5.69 Å². The lowest BCUT2D eigenvalue weighted by molar-refractivity contribution is 0.186. The molecular weight excluding hydrogens is 248 g/mol. The Balaban J connectivity index is 1.70. The lowest BCUT2D eigenvalue weighted by atomic mass is 10.0. The molecule has 2 unspecified atom stereocenters. The van der Waals surface area contributed by atoms with Gasteiger partial charge in [0.25, 0.3) is 0 Å². The Morgan fingerprint density at radius 2 is 2.35 bits per heavy atom. The van der Waals surface area contributed by atoms with Gasteiger partial charge in [-0.25, -0.2) is 0 Å². The quantitative estimate of drug-likeness (QED) is 0.893. The number of anilines is 1. The molecule has 0 aromatic heterocycles. The first-order valence-electron chi connectivity index (χ1n) is 7.97. The molecule has 2 atom stereocenters. The Hall–Kier alpha value is -1.06. The van der Waals surface area contributed by atoms with Crippen molar-refractivity contribution in [2.45, 2.75) is 32.7 Å². The number of fused-ring (bicyclic) bond motifs is 1. The van der Waals surface area contributed by atoms with E-state index in [4.69, 9.17) is 4.74 Å². The van der Waals surface area contributed by atoms with Crippen LogP contribution in [0.5, 0.6) is 0 Å². The second-order valence-electron chi connectivity index (χ2n) is 6.09. The minimum absolute atomic E-state index is 0.447. The number of nitrogens with zero attached hydrogens (tertiary/aromatic N) is 1. The molecule has 0 radical (unpaired) electrons. The lowest BCUT2D eigenvalue weighted by Gasteiger charge is -2.23. The number of hydrogen-bond donors (Lipinski definition) is 1. The van der Waals surface area contributed by atoms with Crippen molar-refractivity contribution in [3.8, 4) is 0 Å². The van der Waals surface area contributed by atoms with Crippen molar-refractivity contribution in [1.82, 2.24) is 5.32 Å². The summed E-state index contributed by atoms with van der Waals surface area (Å²) in [7, 11) is 0. The van der Waals surface area contributed by atoms with Gasteiger partial charge in [0.15, 0.2) is 0 Å². The van der Waals surface area contributed by atoms with Crippen LogP contribution in [0.3, 0.4) is 0 Å². The van der Waals surface area contributed by atoms with Crippen LogP contribution in [0.1, 0.15) is 37.4 Å². The standard InChI is InChI=1S/C17H26N2O/c1-3-18-13(2)15-4-5-17-16(10-15)6-8-19(17)11-14-7-9-20-12-14/h4-5,10,13-14,18H,3,6-9,11-12H2,1-2H3. The first-order chi connectivity index (χ1) is 9.78. The third-order valence-corrected chi connectivity index (χ3v) is 4.61. The van der Waals surface area contributed by atoms with E-state index in [0.29, 0.717) is 6.04 Å². The molecule has 20 heavy (non-hydrogen) atoms. The maximum absolute atomic E-state index is 5.50. The maximum atomic E-state index is 5.50. The summed E-state index contributed by atoms with van der Waals surface area (Å²) in [5.41, 5.74) is 4.38. The second-order valence-corrected chi connectivity index (χ2v) is 6.09. The van der Waals surface area contributed by atoms with Gasteiger partial charge in [-0.1, -0.05) is 19.1 Å². The number of nitrogens with one attached hydrogen (secondary N) is 1. The van der Waals surface area contributed by atoms with E-state index in [-0.39, 0.29) is 0 Å². The molecule has 1 aromatic rings. The normalized spacial score (nSPS) is 23.1. The third-order valence-electron chi connectivity index (χ3n) is 4.61. The highest BCUT2D eigenvalue weighted by molar-refractivity contribution is 5.59.